The molecule has 1 rings (SSSR count). The first-order chi connectivity index (χ1) is 7.95. The molecule has 0 bridgehead atoms. The minimum absolute atomic E-state index is 0.339. The van der Waals surface area contributed by atoms with E-state index in [2.05, 4.69) is 12.0 Å². The maximum absolute atomic E-state index is 10.0. The zero-order chi connectivity index (χ0) is 13.0. The van der Waals surface area contributed by atoms with Crippen molar-refractivity contribution in [2.24, 2.45) is 13.0 Å². The minimum Gasteiger partial charge on any atom is -0.393 e. The first-order valence-corrected chi connectivity index (χ1v) is 6.18. The smallest absolute Gasteiger partial charge is 0.130 e. The Hall–Kier alpha value is -0.580. The van der Waals surface area contributed by atoms with E-state index in [1.54, 1.807) is 18.8 Å². The van der Waals surface area contributed by atoms with Gasteiger partial charge in [-0.15, -0.1) is 0 Å². The summed E-state index contributed by atoms with van der Waals surface area (Å²) >= 11 is 6.12. The number of aliphatic hydroxyl groups excluding tert-OH is 1. The molecule has 0 radical (unpaired) electrons. The molecule has 0 saturated heterocycles. The van der Waals surface area contributed by atoms with Gasteiger partial charge in [0.15, 0.2) is 0 Å². The van der Waals surface area contributed by atoms with Crippen LogP contribution in [-0.2, 0) is 18.2 Å². The highest BCUT2D eigenvalue weighted by Gasteiger charge is 2.17. The van der Waals surface area contributed by atoms with Gasteiger partial charge in [0.2, 0.25) is 0 Å². The van der Waals surface area contributed by atoms with Crippen LogP contribution < -0.4 is 0 Å². The lowest BCUT2D eigenvalue weighted by molar-refractivity contribution is 0.101. The summed E-state index contributed by atoms with van der Waals surface area (Å²) in [5.41, 5.74) is 1.82. The number of aryl methyl sites for hydroxylation is 2. The SMILES string of the molecule is COCC(C)CC(O)Cc1c(C)nn(C)c1Cl. The lowest BCUT2D eigenvalue weighted by Crippen LogP contribution is -2.17. The Morgan fingerprint density at radius 2 is 2.18 bits per heavy atom. The van der Waals surface area contributed by atoms with Crippen molar-refractivity contribution in [3.05, 3.63) is 16.4 Å². The molecule has 0 aliphatic heterocycles. The molecular formula is C12H21ClN2O2. The van der Waals surface area contributed by atoms with Gasteiger partial charge in [0, 0.05) is 32.7 Å². The zero-order valence-electron chi connectivity index (χ0n) is 10.9. The highest BCUT2D eigenvalue weighted by Crippen LogP contribution is 2.22. The molecule has 0 fully saturated rings. The van der Waals surface area contributed by atoms with Crippen molar-refractivity contribution in [2.75, 3.05) is 13.7 Å². The fourth-order valence-electron chi connectivity index (χ4n) is 2.04. The summed E-state index contributed by atoms with van der Waals surface area (Å²) < 4.78 is 6.69. The molecule has 1 heterocycles. The number of aromatic nitrogens is 2. The molecule has 4 nitrogen and oxygen atoms in total. The third-order valence-corrected chi connectivity index (χ3v) is 3.31. The van der Waals surface area contributed by atoms with E-state index in [0.29, 0.717) is 30.5 Å². The molecule has 17 heavy (non-hydrogen) atoms. The van der Waals surface area contributed by atoms with Gasteiger partial charge in [0.25, 0.3) is 0 Å². The molecular weight excluding hydrogens is 240 g/mol. The Morgan fingerprint density at radius 1 is 1.53 bits per heavy atom. The normalized spacial score (nSPS) is 14.9. The second kappa shape index (κ2) is 6.38. The van der Waals surface area contributed by atoms with Crippen LogP contribution in [0.2, 0.25) is 5.15 Å². The molecule has 0 amide bonds. The Bertz CT molecular complexity index is 366. The second-order valence-corrected chi connectivity index (χ2v) is 4.99. The number of methoxy groups -OCH3 is 1. The van der Waals surface area contributed by atoms with Crippen LogP contribution >= 0.6 is 11.6 Å². The molecule has 0 aromatic carbocycles. The van der Waals surface area contributed by atoms with E-state index in [4.69, 9.17) is 16.3 Å². The predicted molar refractivity (Wildman–Crippen MR) is 68.3 cm³/mol. The Labute approximate surface area is 108 Å². The number of rotatable bonds is 6. The molecule has 1 aromatic rings. The minimum atomic E-state index is -0.402. The summed E-state index contributed by atoms with van der Waals surface area (Å²) in [5.74, 6) is 0.339. The standard InChI is InChI=1S/C12H21ClN2O2/c1-8(7-17-4)5-10(16)6-11-9(2)14-15(3)12(11)13/h8,10,16H,5-7H2,1-4H3. The maximum atomic E-state index is 10.0. The van der Waals surface area contributed by atoms with Crippen molar-refractivity contribution in [1.29, 1.82) is 0 Å². The van der Waals surface area contributed by atoms with Gasteiger partial charge in [-0.05, 0) is 19.3 Å². The van der Waals surface area contributed by atoms with Crippen LogP contribution in [0.15, 0.2) is 0 Å². The van der Waals surface area contributed by atoms with E-state index < -0.39 is 6.10 Å². The average molecular weight is 261 g/mol. The fraction of sp³-hybridized carbons (Fsp3) is 0.750. The second-order valence-electron chi connectivity index (χ2n) is 4.63. The van der Waals surface area contributed by atoms with Crippen molar-refractivity contribution in [2.45, 2.75) is 32.8 Å². The molecule has 0 aliphatic carbocycles. The maximum Gasteiger partial charge on any atom is 0.130 e. The summed E-state index contributed by atoms with van der Waals surface area (Å²) in [7, 11) is 3.48. The van der Waals surface area contributed by atoms with E-state index in [1.165, 1.54) is 0 Å². The van der Waals surface area contributed by atoms with Gasteiger partial charge in [-0.3, -0.25) is 4.68 Å². The van der Waals surface area contributed by atoms with Crippen molar-refractivity contribution in [3.63, 3.8) is 0 Å². The van der Waals surface area contributed by atoms with Gasteiger partial charge in [-0.25, -0.2) is 0 Å². The Kier molecular flexibility index (Phi) is 5.43. The third-order valence-electron chi connectivity index (χ3n) is 2.84. The first-order valence-electron chi connectivity index (χ1n) is 5.80. The lowest BCUT2D eigenvalue weighted by atomic mass is 9.99. The number of aliphatic hydroxyl groups is 1. The van der Waals surface area contributed by atoms with Gasteiger partial charge in [-0.2, -0.15) is 5.10 Å². The quantitative estimate of drug-likeness (QED) is 0.851. The van der Waals surface area contributed by atoms with E-state index >= 15 is 0 Å². The summed E-state index contributed by atoms with van der Waals surface area (Å²) in [6.45, 7) is 4.63. The van der Waals surface area contributed by atoms with Crippen LogP contribution in [0, 0.1) is 12.8 Å². The molecule has 98 valence electrons. The summed E-state index contributed by atoms with van der Waals surface area (Å²) in [6.07, 6.45) is 0.853. The predicted octanol–water partition coefficient (Wildman–Crippen LogP) is 1.96. The molecule has 0 spiro atoms. The van der Waals surface area contributed by atoms with Gasteiger partial charge >= 0.3 is 0 Å². The Balaban J connectivity index is 2.58. The van der Waals surface area contributed by atoms with Gasteiger partial charge in [0.05, 0.1) is 11.8 Å². The van der Waals surface area contributed by atoms with Crippen LogP contribution in [0.3, 0.4) is 0 Å². The number of hydrogen-bond donors (Lipinski definition) is 1. The van der Waals surface area contributed by atoms with Crippen LogP contribution in [0.4, 0.5) is 0 Å². The summed E-state index contributed by atoms with van der Waals surface area (Å²) in [5, 5.41) is 14.8. The lowest BCUT2D eigenvalue weighted by Gasteiger charge is -2.15. The summed E-state index contributed by atoms with van der Waals surface area (Å²) in [4.78, 5) is 0. The largest absolute Gasteiger partial charge is 0.393 e. The molecule has 1 N–H and O–H groups in total. The molecule has 0 saturated carbocycles. The van der Waals surface area contributed by atoms with Crippen molar-refractivity contribution in [1.82, 2.24) is 9.78 Å². The van der Waals surface area contributed by atoms with E-state index in [9.17, 15) is 5.11 Å². The van der Waals surface area contributed by atoms with Gasteiger partial charge < -0.3 is 9.84 Å². The molecule has 1 aromatic heterocycles. The van der Waals surface area contributed by atoms with E-state index in [-0.39, 0.29) is 0 Å². The third kappa shape index (κ3) is 3.98. The van der Waals surface area contributed by atoms with Crippen molar-refractivity contribution < 1.29 is 9.84 Å². The number of ether oxygens (including phenoxy) is 1. The molecule has 0 aliphatic rings. The monoisotopic (exact) mass is 260 g/mol. The van der Waals surface area contributed by atoms with E-state index in [1.807, 2.05) is 6.92 Å². The average Bonchev–Trinajstić information content (AvgIpc) is 2.45. The fourth-order valence-corrected chi connectivity index (χ4v) is 2.29. The number of nitrogens with zero attached hydrogens (tertiary/aromatic N) is 2. The molecule has 5 heteroatoms. The van der Waals surface area contributed by atoms with Crippen molar-refractivity contribution >= 4 is 11.6 Å². The molecule has 2 atom stereocenters. The highest BCUT2D eigenvalue weighted by molar-refractivity contribution is 6.30. The van der Waals surface area contributed by atoms with Crippen LogP contribution in [0.25, 0.3) is 0 Å². The van der Waals surface area contributed by atoms with Crippen LogP contribution in [-0.4, -0.2) is 34.7 Å². The van der Waals surface area contributed by atoms with Gasteiger partial charge in [0.1, 0.15) is 5.15 Å². The molecule has 2 unspecified atom stereocenters. The number of halogens is 1. The zero-order valence-corrected chi connectivity index (χ0v) is 11.7. The Morgan fingerprint density at radius 3 is 2.65 bits per heavy atom. The van der Waals surface area contributed by atoms with E-state index in [0.717, 1.165) is 11.3 Å². The highest BCUT2D eigenvalue weighted by atomic mass is 35.5. The summed E-state index contributed by atoms with van der Waals surface area (Å²) in [6, 6.07) is 0. The number of hydrogen-bond acceptors (Lipinski definition) is 3. The van der Waals surface area contributed by atoms with Crippen LogP contribution in [0.1, 0.15) is 24.6 Å². The van der Waals surface area contributed by atoms with Crippen LogP contribution in [0.5, 0.6) is 0 Å². The first kappa shape index (κ1) is 14.5. The topological polar surface area (TPSA) is 47.3 Å². The van der Waals surface area contributed by atoms with Crippen molar-refractivity contribution in [3.8, 4) is 0 Å². The van der Waals surface area contributed by atoms with Gasteiger partial charge in [-0.1, -0.05) is 18.5 Å².